The van der Waals surface area contributed by atoms with Crippen LogP contribution in [-0.2, 0) is 9.53 Å². The predicted molar refractivity (Wildman–Crippen MR) is 90.6 cm³/mol. The van der Waals surface area contributed by atoms with Crippen molar-refractivity contribution in [2.75, 3.05) is 26.3 Å². The zero-order valence-corrected chi connectivity index (χ0v) is 13.9. The van der Waals surface area contributed by atoms with E-state index >= 15 is 0 Å². The molecule has 1 N–H and O–H groups in total. The van der Waals surface area contributed by atoms with Crippen LogP contribution < -0.4 is 0 Å². The number of piperidine rings is 1. The number of hydrogen-bond acceptors (Lipinski definition) is 4. The Morgan fingerprint density at radius 2 is 2.17 bits per heavy atom. The van der Waals surface area contributed by atoms with Crippen molar-refractivity contribution in [1.29, 1.82) is 0 Å². The summed E-state index contributed by atoms with van der Waals surface area (Å²) < 4.78 is 5.39. The van der Waals surface area contributed by atoms with E-state index in [9.17, 15) is 4.79 Å². The third kappa shape index (κ3) is 3.29. The molecular formula is C18H24N4O2. The summed E-state index contributed by atoms with van der Waals surface area (Å²) >= 11 is 0. The van der Waals surface area contributed by atoms with Crippen molar-refractivity contribution in [3.05, 3.63) is 24.0 Å². The molecule has 1 amide bonds. The Balaban J connectivity index is 1.41. The van der Waals surface area contributed by atoms with Gasteiger partial charge < -0.3 is 9.64 Å². The lowest BCUT2D eigenvalue weighted by Crippen LogP contribution is -2.40. The molecule has 2 saturated heterocycles. The van der Waals surface area contributed by atoms with Crippen molar-refractivity contribution in [3.8, 4) is 0 Å². The molecule has 0 radical (unpaired) electrons. The minimum atomic E-state index is 0.300. The van der Waals surface area contributed by atoms with Crippen LogP contribution in [-0.4, -0.2) is 52.3 Å². The van der Waals surface area contributed by atoms with Gasteiger partial charge >= 0.3 is 0 Å². The number of rotatable bonds is 3. The molecule has 6 heteroatoms. The summed E-state index contributed by atoms with van der Waals surface area (Å²) in [4.78, 5) is 19.4. The summed E-state index contributed by atoms with van der Waals surface area (Å²) in [5.74, 6) is 1.12. The molecule has 2 aliphatic rings. The normalized spacial score (nSPS) is 22.8. The monoisotopic (exact) mass is 328 g/mol. The lowest BCUT2D eigenvalue weighted by molar-refractivity contribution is -0.134. The van der Waals surface area contributed by atoms with E-state index in [1.54, 1.807) is 6.20 Å². The lowest BCUT2D eigenvalue weighted by Gasteiger charge is -2.34. The van der Waals surface area contributed by atoms with E-state index in [1.807, 2.05) is 4.90 Å². The van der Waals surface area contributed by atoms with E-state index in [0.717, 1.165) is 68.7 Å². The van der Waals surface area contributed by atoms with Gasteiger partial charge in [-0.25, -0.2) is 4.98 Å². The van der Waals surface area contributed by atoms with Gasteiger partial charge in [0.2, 0.25) is 5.91 Å². The molecule has 0 spiro atoms. The van der Waals surface area contributed by atoms with Crippen LogP contribution in [0.15, 0.2) is 18.3 Å². The number of aromatic amines is 1. The van der Waals surface area contributed by atoms with Crippen LogP contribution in [0, 0.1) is 5.92 Å². The van der Waals surface area contributed by atoms with Gasteiger partial charge in [-0.15, -0.1) is 0 Å². The second kappa shape index (κ2) is 6.89. The highest BCUT2D eigenvalue weighted by Crippen LogP contribution is 2.28. The van der Waals surface area contributed by atoms with Crippen LogP contribution >= 0.6 is 0 Å². The molecule has 0 bridgehead atoms. The van der Waals surface area contributed by atoms with E-state index in [4.69, 9.17) is 9.72 Å². The smallest absolute Gasteiger partial charge is 0.222 e. The quantitative estimate of drug-likeness (QED) is 0.939. The Kier molecular flexibility index (Phi) is 4.47. The van der Waals surface area contributed by atoms with E-state index in [2.05, 4.69) is 22.3 Å². The van der Waals surface area contributed by atoms with E-state index in [1.165, 1.54) is 0 Å². The number of likely N-dealkylation sites (tertiary alicyclic amines) is 1. The number of nitrogens with zero attached hydrogens (tertiary/aromatic N) is 3. The molecule has 0 saturated carbocycles. The molecule has 24 heavy (non-hydrogen) atoms. The van der Waals surface area contributed by atoms with Crippen molar-refractivity contribution in [2.24, 2.45) is 5.92 Å². The first-order valence-electron chi connectivity index (χ1n) is 8.95. The SMILES string of the molecule is O=C(CC1CCOCC1)N1CCC[C@@H](c2ccc3cn[nH]c3n2)C1. The largest absolute Gasteiger partial charge is 0.381 e. The fourth-order valence-electron chi connectivity index (χ4n) is 3.84. The van der Waals surface area contributed by atoms with Crippen LogP contribution in [0.3, 0.4) is 0 Å². The van der Waals surface area contributed by atoms with Gasteiger partial charge in [0.05, 0.1) is 6.20 Å². The third-order valence-electron chi connectivity index (χ3n) is 5.32. The van der Waals surface area contributed by atoms with Gasteiger partial charge in [0, 0.05) is 49.7 Å². The van der Waals surface area contributed by atoms with E-state index in [-0.39, 0.29) is 0 Å². The molecule has 0 unspecified atom stereocenters. The Hall–Kier alpha value is -1.95. The molecule has 6 nitrogen and oxygen atoms in total. The summed E-state index contributed by atoms with van der Waals surface area (Å²) in [7, 11) is 0. The van der Waals surface area contributed by atoms with Crippen molar-refractivity contribution < 1.29 is 9.53 Å². The highest BCUT2D eigenvalue weighted by Gasteiger charge is 2.27. The van der Waals surface area contributed by atoms with Gasteiger partial charge in [-0.3, -0.25) is 9.89 Å². The fourth-order valence-corrected chi connectivity index (χ4v) is 3.84. The van der Waals surface area contributed by atoms with Crippen LogP contribution in [0.4, 0.5) is 0 Å². The molecule has 128 valence electrons. The van der Waals surface area contributed by atoms with Gasteiger partial charge in [0.1, 0.15) is 0 Å². The number of aromatic nitrogens is 3. The van der Waals surface area contributed by atoms with Crippen molar-refractivity contribution in [2.45, 2.75) is 38.0 Å². The second-order valence-electron chi connectivity index (χ2n) is 6.98. The number of hydrogen-bond donors (Lipinski definition) is 1. The highest BCUT2D eigenvalue weighted by atomic mass is 16.5. The zero-order valence-electron chi connectivity index (χ0n) is 13.9. The number of fused-ring (bicyclic) bond motifs is 1. The minimum Gasteiger partial charge on any atom is -0.381 e. The van der Waals surface area contributed by atoms with E-state index in [0.29, 0.717) is 24.2 Å². The summed E-state index contributed by atoms with van der Waals surface area (Å²) in [6.45, 7) is 3.27. The number of carbonyl (C=O) groups is 1. The van der Waals surface area contributed by atoms with Crippen LogP contribution in [0.5, 0.6) is 0 Å². The van der Waals surface area contributed by atoms with Gasteiger partial charge in [-0.05, 0) is 43.7 Å². The number of H-pyrrole nitrogens is 1. The van der Waals surface area contributed by atoms with Gasteiger partial charge in [-0.2, -0.15) is 5.10 Å². The number of ether oxygens (including phenoxy) is 1. The zero-order chi connectivity index (χ0) is 16.4. The summed E-state index contributed by atoms with van der Waals surface area (Å²) in [5, 5.41) is 8.00. The van der Waals surface area contributed by atoms with E-state index < -0.39 is 0 Å². The first-order valence-corrected chi connectivity index (χ1v) is 8.95. The first kappa shape index (κ1) is 15.6. The van der Waals surface area contributed by atoms with Crippen molar-refractivity contribution in [3.63, 3.8) is 0 Å². The molecule has 2 aromatic rings. The Bertz CT molecular complexity index is 708. The van der Waals surface area contributed by atoms with Crippen LogP contribution in [0.1, 0.15) is 43.7 Å². The van der Waals surface area contributed by atoms with Gasteiger partial charge in [0.25, 0.3) is 0 Å². The third-order valence-corrected chi connectivity index (χ3v) is 5.32. The highest BCUT2D eigenvalue weighted by molar-refractivity contribution is 5.77. The first-order chi connectivity index (χ1) is 11.8. The Morgan fingerprint density at radius 1 is 1.29 bits per heavy atom. The van der Waals surface area contributed by atoms with Crippen molar-refractivity contribution >= 4 is 16.9 Å². The average molecular weight is 328 g/mol. The summed E-state index contributed by atoms with van der Waals surface area (Å²) in [6, 6.07) is 4.14. The maximum absolute atomic E-state index is 12.7. The van der Waals surface area contributed by atoms with Crippen LogP contribution in [0.2, 0.25) is 0 Å². The molecule has 1 atom stereocenters. The predicted octanol–water partition coefficient (Wildman–Crippen LogP) is 2.48. The average Bonchev–Trinajstić information content (AvgIpc) is 3.10. The maximum Gasteiger partial charge on any atom is 0.222 e. The Morgan fingerprint density at radius 3 is 3.04 bits per heavy atom. The van der Waals surface area contributed by atoms with Crippen molar-refractivity contribution in [1.82, 2.24) is 20.1 Å². The van der Waals surface area contributed by atoms with Gasteiger partial charge in [0.15, 0.2) is 5.65 Å². The number of pyridine rings is 1. The number of amides is 1. The molecule has 4 heterocycles. The lowest BCUT2D eigenvalue weighted by atomic mass is 9.92. The molecule has 2 fully saturated rings. The number of carbonyl (C=O) groups excluding carboxylic acids is 1. The molecule has 2 aliphatic heterocycles. The van der Waals surface area contributed by atoms with Gasteiger partial charge in [-0.1, -0.05) is 0 Å². The van der Waals surface area contributed by atoms with Crippen LogP contribution in [0.25, 0.3) is 11.0 Å². The Labute approximate surface area is 141 Å². The number of nitrogens with one attached hydrogen (secondary N) is 1. The molecule has 0 aromatic carbocycles. The second-order valence-corrected chi connectivity index (χ2v) is 6.98. The topological polar surface area (TPSA) is 71.1 Å². The fraction of sp³-hybridized carbons (Fsp3) is 0.611. The summed E-state index contributed by atoms with van der Waals surface area (Å²) in [6.07, 6.45) is 6.63. The molecule has 4 rings (SSSR count). The molecule has 0 aliphatic carbocycles. The maximum atomic E-state index is 12.7. The summed E-state index contributed by atoms with van der Waals surface area (Å²) in [5.41, 5.74) is 1.90. The minimum absolute atomic E-state index is 0.300. The standard InChI is InChI=1S/C18H24N4O2/c23-17(10-13-5-8-24-9-6-13)22-7-1-2-15(12-22)16-4-3-14-11-19-21-18(14)20-16/h3-4,11,13,15H,1-2,5-10,12H2,(H,19,20,21)/t15-/m1/s1. The molecular weight excluding hydrogens is 304 g/mol. The molecule has 2 aromatic heterocycles.